The molecule has 2 aliphatic rings. The van der Waals surface area contributed by atoms with Crippen LogP contribution in [0.5, 0.6) is 0 Å². The number of furan rings is 1. The lowest BCUT2D eigenvalue weighted by molar-refractivity contribution is -0.192. The molecule has 31 heavy (non-hydrogen) atoms. The number of fused-ring (bicyclic) bond motifs is 1. The molecule has 7 nitrogen and oxygen atoms in total. The number of carbonyl (C=O) groups is 2. The molecule has 1 amide bonds. The number of alkyl halides is 3. The normalized spacial score (nSPS) is 23.5. The van der Waals surface area contributed by atoms with Crippen LogP contribution in [0.1, 0.15) is 21.9 Å². The molecule has 0 aromatic carbocycles. The summed E-state index contributed by atoms with van der Waals surface area (Å²) in [5, 5.41) is 12.2. The summed E-state index contributed by atoms with van der Waals surface area (Å²) in [7, 11) is 0. The molecule has 170 valence electrons. The zero-order valence-electron chi connectivity index (χ0n) is 16.5. The second-order valence-electron chi connectivity index (χ2n) is 7.39. The molecule has 4 rings (SSSR count). The average molecular weight is 460 g/mol. The van der Waals surface area contributed by atoms with Gasteiger partial charge in [0.15, 0.2) is 5.76 Å². The molecule has 2 saturated heterocycles. The Hall–Kier alpha value is -2.37. The third-order valence-corrected chi connectivity index (χ3v) is 6.16. The van der Waals surface area contributed by atoms with Crippen molar-refractivity contribution in [3.8, 4) is 0 Å². The first-order chi connectivity index (χ1) is 14.7. The number of carbonyl (C=O) groups excluding carboxylic acids is 1. The molecule has 2 N–H and O–H groups in total. The van der Waals surface area contributed by atoms with Crippen LogP contribution in [0, 0.1) is 11.8 Å². The summed E-state index contributed by atoms with van der Waals surface area (Å²) >= 11 is 1.81. The van der Waals surface area contributed by atoms with Crippen LogP contribution in [0.3, 0.4) is 0 Å². The smallest absolute Gasteiger partial charge is 0.475 e. The first-order valence-corrected chi connectivity index (χ1v) is 10.6. The van der Waals surface area contributed by atoms with Crippen molar-refractivity contribution in [2.24, 2.45) is 11.8 Å². The Morgan fingerprint density at radius 2 is 2.06 bits per heavy atom. The Balaban J connectivity index is 0.000000339. The first-order valence-electron chi connectivity index (χ1n) is 9.72. The lowest BCUT2D eigenvalue weighted by Gasteiger charge is -2.35. The molecule has 0 unspecified atom stereocenters. The summed E-state index contributed by atoms with van der Waals surface area (Å²) in [4.78, 5) is 24.9. The average Bonchev–Trinajstić information content (AvgIpc) is 3.48. The topological polar surface area (TPSA) is 92.0 Å². The number of carboxylic acid groups (broad SMARTS) is 1. The fourth-order valence-electron chi connectivity index (χ4n) is 3.76. The highest BCUT2D eigenvalue weighted by molar-refractivity contribution is 7.09. The standard InChI is InChI=1S/C18H22N2O3S.C2HF3O2/c21-18(16-4-1-7-22-16)19-9-17-15-11-20(6-5-13(15)12-23-17)10-14-3-2-8-24-14;3-2(4,5)1(6)7/h1-4,7-8,13,15,17H,5-6,9-12H2,(H,19,21);(H,6,7)/t13-,15-,17+;/m0./s1. The second-order valence-corrected chi connectivity index (χ2v) is 8.42. The highest BCUT2D eigenvalue weighted by Crippen LogP contribution is 2.34. The molecular weight excluding hydrogens is 437 g/mol. The van der Waals surface area contributed by atoms with Crippen LogP contribution >= 0.6 is 11.3 Å². The summed E-state index contributed by atoms with van der Waals surface area (Å²) in [5.74, 6) is -1.45. The Bertz CT molecular complexity index is 842. The quantitative estimate of drug-likeness (QED) is 0.712. The molecule has 2 fully saturated rings. The SMILES string of the molecule is O=C(NC[C@H]1OC[C@@H]2CCN(Cc3cccs3)C[C@@H]21)c1ccco1.O=C(O)C(F)(F)F. The Kier molecular flexibility index (Phi) is 7.74. The minimum atomic E-state index is -5.08. The zero-order valence-corrected chi connectivity index (χ0v) is 17.3. The molecule has 0 aliphatic carbocycles. The highest BCUT2D eigenvalue weighted by Gasteiger charge is 2.41. The maximum absolute atomic E-state index is 12.0. The molecular formula is C20H23F3N2O5S. The van der Waals surface area contributed by atoms with Crippen LogP contribution in [-0.4, -0.2) is 60.4 Å². The van der Waals surface area contributed by atoms with Crippen LogP contribution in [0.25, 0.3) is 0 Å². The summed E-state index contributed by atoms with van der Waals surface area (Å²) in [6.45, 7) is 4.57. The van der Waals surface area contributed by atoms with Crippen molar-refractivity contribution < 1.29 is 37.0 Å². The van der Waals surface area contributed by atoms with Gasteiger partial charge >= 0.3 is 12.1 Å². The van der Waals surface area contributed by atoms with Crippen molar-refractivity contribution in [3.05, 3.63) is 46.5 Å². The van der Waals surface area contributed by atoms with Crippen LogP contribution in [0.2, 0.25) is 0 Å². The van der Waals surface area contributed by atoms with E-state index in [4.69, 9.17) is 19.1 Å². The number of piperidine rings is 1. The molecule has 0 radical (unpaired) electrons. The van der Waals surface area contributed by atoms with Crippen molar-refractivity contribution in [2.75, 3.05) is 26.2 Å². The lowest BCUT2D eigenvalue weighted by atomic mass is 9.84. The van der Waals surface area contributed by atoms with Gasteiger partial charge in [-0.3, -0.25) is 9.69 Å². The van der Waals surface area contributed by atoms with Gasteiger partial charge in [-0.15, -0.1) is 11.3 Å². The van der Waals surface area contributed by atoms with Crippen molar-refractivity contribution in [2.45, 2.75) is 25.2 Å². The highest BCUT2D eigenvalue weighted by atomic mass is 32.1. The molecule has 11 heteroatoms. The Labute approximate surface area is 180 Å². The molecule has 2 aromatic rings. The number of halogens is 3. The van der Waals surface area contributed by atoms with Gasteiger partial charge in [-0.25, -0.2) is 4.79 Å². The van der Waals surface area contributed by atoms with Gasteiger partial charge in [-0.05, 0) is 42.5 Å². The molecule has 0 spiro atoms. The number of nitrogens with one attached hydrogen (secondary N) is 1. The van der Waals surface area contributed by atoms with Crippen molar-refractivity contribution in [1.29, 1.82) is 0 Å². The van der Waals surface area contributed by atoms with E-state index in [1.54, 1.807) is 12.1 Å². The van der Waals surface area contributed by atoms with Gasteiger partial charge in [-0.2, -0.15) is 13.2 Å². The van der Waals surface area contributed by atoms with Gasteiger partial charge in [0.2, 0.25) is 0 Å². The van der Waals surface area contributed by atoms with Crippen molar-refractivity contribution >= 4 is 23.2 Å². The third kappa shape index (κ3) is 6.55. The number of thiophene rings is 1. The van der Waals surface area contributed by atoms with E-state index in [1.165, 1.54) is 17.6 Å². The summed E-state index contributed by atoms with van der Waals surface area (Å²) in [6.07, 6.45) is -2.29. The van der Waals surface area contributed by atoms with Crippen molar-refractivity contribution in [1.82, 2.24) is 10.2 Å². The predicted octanol–water partition coefficient (Wildman–Crippen LogP) is 3.24. The second kappa shape index (κ2) is 10.3. The summed E-state index contributed by atoms with van der Waals surface area (Å²) in [6, 6.07) is 7.71. The first kappa shape index (κ1) is 23.3. The fourth-order valence-corrected chi connectivity index (χ4v) is 4.51. The molecule has 4 heterocycles. The number of ether oxygens (including phenoxy) is 1. The van der Waals surface area contributed by atoms with Crippen LogP contribution in [-0.2, 0) is 16.1 Å². The minimum Gasteiger partial charge on any atom is -0.475 e. The van der Waals surface area contributed by atoms with E-state index < -0.39 is 12.1 Å². The number of aliphatic carboxylic acids is 1. The number of rotatable bonds is 5. The van der Waals surface area contributed by atoms with Gasteiger partial charge in [0.1, 0.15) is 0 Å². The van der Waals surface area contributed by atoms with E-state index in [9.17, 15) is 18.0 Å². The lowest BCUT2D eigenvalue weighted by Crippen LogP contribution is -2.44. The zero-order chi connectivity index (χ0) is 22.4. The summed E-state index contributed by atoms with van der Waals surface area (Å²) < 4.78 is 42.9. The van der Waals surface area contributed by atoms with Crippen LogP contribution in [0.15, 0.2) is 40.3 Å². The largest absolute Gasteiger partial charge is 0.490 e. The molecule has 2 aromatic heterocycles. The van der Waals surface area contributed by atoms with Gasteiger partial charge in [0.05, 0.1) is 19.0 Å². The summed E-state index contributed by atoms with van der Waals surface area (Å²) in [5.41, 5.74) is 0. The molecule has 0 bridgehead atoms. The fraction of sp³-hybridized carbons (Fsp3) is 0.500. The van der Waals surface area contributed by atoms with Crippen LogP contribution in [0.4, 0.5) is 13.2 Å². The van der Waals surface area contributed by atoms with E-state index in [0.717, 1.165) is 26.2 Å². The monoisotopic (exact) mass is 460 g/mol. The number of amides is 1. The predicted molar refractivity (Wildman–Crippen MR) is 106 cm³/mol. The molecule has 0 saturated carbocycles. The third-order valence-electron chi connectivity index (χ3n) is 5.30. The van der Waals surface area contributed by atoms with Gasteiger partial charge in [0, 0.05) is 30.4 Å². The maximum Gasteiger partial charge on any atom is 0.490 e. The van der Waals surface area contributed by atoms with E-state index in [2.05, 4.69) is 27.7 Å². The van der Waals surface area contributed by atoms with E-state index in [1.807, 2.05) is 11.3 Å². The number of hydrogen-bond donors (Lipinski definition) is 2. The molecule has 3 atom stereocenters. The van der Waals surface area contributed by atoms with Crippen molar-refractivity contribution in [3.63, 3.8) is 0 Å². The number of likely N-dealkylation sites (tertiary alicyclic amines) is 1. The maximum atomic E-state index is 12.0. The van der Waals surface area contributed by atoms with Gasteiger partial charge in [0.25, 0.3) is 5.91 Å². The Morgan fingerprint density at radius 1 is 1.29 bits per heavy atom. The van der Waals surface area contributed by atoms with E-state index in [0.29, 0.717) is 24.1 Å². The van der Waals surface area contributed by atoms with Gasteiger partial charge in [-0.1, -0.05) is 6.07 Å². The van der Waals surface area contributed by atoms with E-state index in [-0.39, 0.29) is 12.0 Å². The number of carboxylic acids is 1. The number of hydrogen-bond acceptors (Lipinski definition) is 6. The van der Waals surface area contributed by atoms with Gasteiger partial charge < -0.3 is 19.6 Å². The van der Waals surface area contributed by atoms with E-state index >= 15 is 0 Å². The minimum absolute atomic E-state index is 0.0973. The Morgan fingerprint density at radius 3 is 2.68 bits per heavy atom. The number of nitrogens with zero attached hydrogens (tertiary/aromatic N) is 1. The molecule has 2 aliphatic heterocycles. The van der Waals surface area contributed by atoms with Crippen LogP contribution < -0.4 is 5.32 Å².